The molecule has 1 atom stereocenters. The number of ketones is 1. The zero-order valence-corrected chi connectivity index (χ0v) is 11.3. The summed E-state index contributed by atoms with van der Waals surface area (Å²) in [6.07, 6.45) is 4.80. The van der Waals surface area contributed by atoms with Gasteiger partial charge >= 0.3 is 0 Å². The van der Waals surface area contributed by atoms with E-state index in [4.69, 9.17) is 0 Å². The number of Topliss-reactive ketones (excluding diaryl/α,β-unsaturated/α-hetero) is 1. The molecule has 1 fully saturated rings. The predicted molar refractivity (Wildman–Crippen MR) is 72.5 cm³/mol. The summed E-state index contributed by atoms with van der Waals surface area (Å²) in [6.45, 7) is 4.07. The molecule has 1 unspecified atom stereocenters. The van der Waals surface area contributed by atoms with Crippen LogP contribution in [0.4, 0.5) is 0 Å². The molecule has 2 nitrogen and oxygen atoms in total. The number of hydrogen-bond acceptors (Lipinski definition) is 3. The Balaban J connectivity index is 1.92. The molecule has 94 valence electrons. The van der Waals surface area contributed by atoms with E-state index in [0.29, 0.717) is 12.2 Å². The number of carbonyl (C=O) groups excluding carboxylic acids is 1. The van der Waals surface area contributed by atoms with Gasteiger partial charge in [0.2, 0.25) is 0 Å². The highest BCUT2D eigenvalue weighted by Gasteiger charge is 2.39. The third-order valence-electron chi connectivity index (χ3n) is 3.78. The van der Waals surface area contributed by atoms with Crippen molar-refractivity contribution in [2.75, 3.05) is 13.1 Å². The van der Waals surface area contributed by atoms with E-state index in [9.17, 15) is 4.79 Å². The minimum atomic E-state index is -0.0508. The van der Waals surface area contributed by atoms with Crippen LogP contribution in [0.3, 0.4) is 0 Å². The zero-order chi connectivity index (χ0) is 12.1. The molecule has 2 heterocycles. The fraction of sp³-hybridized carbons (Fsp3) is 0.643. The van der Waals surface area contributed by atoms with Crippen molar-refractivity contribution < 1.29 is 4.79 Å². The zero-order valence-electron chi connectivity index (χ0n) is 10.5. The maximum absolute atomic E-state index is 12.4. The number of nitrogens with one attached hydrogen (secondary N) is 1. The molecule has 0 aliphatic carbocycles. The number of hydrogen-bond donors (Lipinski definition) is 1. The van der Waals surface area contributed by atoms with Gasteiger partial charge in [0.05, 0.1) is 0 Å². The van der Waals surface area contributed by atoms with E-state index in [1.807, 2.05) is 0 Å². The van der Waals surface area contributed by atoms with Gasteiger partial charge in [0.1, 0.15) is 5.78 Å². The van der Waals surface area contributed by atoms with E-state index in [2.05, 4.69) is 29.1 Å². The van der Waals surface area contributed by atoms with Crippen LogP contribution < -0.4 is 5.32 Å². The quantitative estimate of drug-likeness (QED) is 0.842. The average molecular weight is 251 g/mol. The summed E-state index contributed by atoms with van der Waals surface area (Å²) in [5.74, 6) is 0.468. The lowest BCUT2D eigenvalue weighted by Crippen LogP contribution is -2.33. The fourth-order valence-corrected chi connectivity index (χ4v) is 3.47. The van der Waals surface area contributed by atoms with Crippen LogP contribution in [0, 0.1) is 5.41 Å². The van der Waals surface area contributed by atoms with Crippen molar-refractivity contribution in [2.24, 2.45) is 5.41 Å². The second-order valence-electron chi connectivity index (χ2n) is 5.01. The molecule has 0 bridgehead atoms. The van der Waals surface area contributed by atoms with E-state index < -0.39 is 0 Å². The van der Waals surface area contributed by atoms with Crippen molar-refractivity contribution in [3.8, 4) is 0 Å². The van der Waals surface area contributed by atoms with Crippen LogP contribution in [0.5, 0.6) is 0 Å². The second-order valence-corrected chi connectivity index (χ2v) is 5.79. The van der Waals surface area contributed by atoms with Gasteiger partial charge in [0.25, 0.3) is 0 Å². The molecule has 1 aliphatic rings. The van der Waals surface area contributed by atoms with E-state index >= 15 is 0 Å². The third-order valence-corrected chi connectivity index (χ3v) is 4.52. The number of rotatable bonds is 6. The molecule has 0 aromatic carbocycles. The highest BCUT2D eigenvalue weighted by molar-refractivity contribution is 7.07. The Morgan fingerprint density at radius 1 is 1.59 bits per heavy atom. The summed E-state index contributed by atoms with van der Waals surface area (Å²) >= 11 is 1.71. The Labute approximate surface area is 107 Å². The van der Waals surface area contributed by atoms with Gasteiger partial charge in [0, 0.05) is 18.4 Å². The summed E-state index contributed by atoms with van der Waals surface area (Å²) in [7, 11) is 0. The van der Waals surface area contributed by atoms with Gasteiger partial charge in [-0.3, -0.25) is 4.79 Å². The molecule has 0 saturated carbocycles. The minimum absolute atomic E-state index is 0.0508. The van der Waals surface area contributed by atoms with Crippen molar-refractivity contribution >= 4 is 17.1 Å². The van der Waals surface area contributed by atoms with E-state index in [1.54, 1.807) is 11.3 Å². The fourth-order valence-electron chi connectivity index (χ4n) is 2.77. The van der Waals surface area contributed by atoms with Crippen molar-refractivity contribution in [1.29, 1.82) is 0 Å². The van der Waals surface area contributed by atoms with Gasteiger partial charge in [-0.2, -0.15) is 11.3 Å². The highest BCUT2D eigenvalue weighted by atomic mass is 32.1. The Bertz CT molecular complexity index is 352. The first-order valence-corrected chi connectivity index (χ1v) is 7.46. The Morgan fingerprint density at radius 3 is 3.06 bits per heavy atom. The Hall–Kier alpha value is -0.670. The molecular weight excluding hydrogens is 230 g/mol. The van der Waals surface area contributed by atoms with E-state index in [-0.39, 0.29) is 5.41 Å². The first-order chi connectivity index (χ1) is 8.27. The van der Waals surface area contributed by atoms with Crippen molar-refractivity contribution in [1.82, 2.24) is 5.32 Å². The van der Waals surface area contributed by atoms with Gasteiger partial charge in [-0.1, -0.05) is 13.3 Å². The lowest BCUT2D eigenvalue weighted by Gasteiger charge is -2.26. The third kappa shape index (κ3) is 2.96. The minimum Gasteiger partial charge on any atom is -0.316 e. The maximum atomic E-state index is 12.4. The lowest BCUT2D eigenvalue weighted by atomic mass is 9.77. The molecule has 1 aromatic rings. The van der Waals surface area contributed by atoms with Crippen LogP contribution in [0.25, 0.3) is 0 Å². The summed E-state index contributed by atoms with van der Waals surface area (Å²) in [4.78, 5) is 12.4. The van der Waals surface area contributed by atoms with Crippen molar-refractivity contribution in [2.45, 2.75) is 39.0 Å². The summed E-state index contributed by atoms with van der Waals surface area (Å²) in [5.41, 5.74) is 1.26. The maximum Gasteiger partial charge on any atom is 0.140 e. The van der Waals surface area contributed by atoms with Gasteiger partial charge in [0.15, 0.2) is 0 Å². The van der Waals surface area contributed by atoms with Crippen LogP contribution in [0.1, 0.15) is 38.2 Å². The topological polar surface area (TPSA) is 29.1 Å². The molecule has 3 heteroatoms. The smallest absolute Gasteiger partial charge is 0.140 e. The Kier molecular flexibility index (Phi) is 4.35. The molecule has 0 radical (unpaired) electrons. The number of aryl methyl sites for hydroxylation is 1. The summed E-state index contributed by atoms with van der Waals surface area (Å²) in [5, 5.41) is 7.58. The summed E-state index contributed by atoms with van der Waals surface area (Å²) in [6, 6.07) is 2.12. The first kappa shape index (κ1) is 12.8. The van der Waals surface area contributed by atoms with Crippen molar-refractivity contribution in [3.63, 3.8) is 0 Å². The molecular formula is C14H21NOS. The predicted octanol–water partition coefficient (Wildman–Crippen LogP) is 3.03. The average Bonchev–Trinajstić information content (AvgIpc) is 2.97. The van der Waals surface area contributed by atoms with Gasteiger partial charge in [-0.25, -0.2) is 0 Å². The molecule has 1 N–H and O–H groups in total. The van der Waals surface area contributed by atoms with Crippen LogP contribution in [-0.2, 0) is 11.2 Å². The van der Waals surface area contributed by atoms with Crippen molar-refractivity contribution in [3.05, 3.63) is 22.4 Å². The van der Waals surface area contributed by atoms with Crippen LogP contribution >= 0.6 is 11.3 Å². The SMILES string of the molecule is CCCC1(C(=O)CCc2ccsc2)CCNC1. The molecule has 1 aliphatic heterocycles. The van der Waals surface area contributed by atoms with Gasteiger partial charge in [-0.15, -0.1) is 0 Å². The molecule has 17 heavy (non-hydrogen) atoms. The van der Waals surface area contributed by atoms with Crippen LogP contribution in [0.15, 0.2) is 16.8 Å². The molecule has 2 rings (SSSR count). The Morgan fingerprint density at radius 2 is 2.47 bits per heavy atom. The molecule has 1 saturated heterocycles. The monoisotopic (exact) mass is 251 g/mol. The number of carbonyl (C=O) groups is 1. The molecule has 0 amide bonds. The molecule has 1 aromatic heterocycles. The normalized spacial score (nSPS) is 24.1. The first-order valence-electron chi connectivity index (χ1n) is 6.52. The number of thiophene rings is 1. The highest BCUT2D eigenvalue weighted by Crippen LogP contribution is 2.33. The van der Waals surface area contributed by atoms with E-state index in [0.717, 1.165) is 38.8 Å². The largest absolute Gasteiger partial charge is 0.316 e. The standard InChI is InChI=1S/C14H21NOS/c1-2-6-14(7-8-15-11-14)13(16)4-3-12-5-9-17-10-12/h5,9-10,15H,2-4,6-8,11H2,1H3. The van der Waals surface area contributed by atoms with E-state index in [1.165, 1.54) is 5.56 Å². The van der Waals surface area contributed by atoms with Crippen LogP contribution in [-0.4, -0.2) is 18.9 Å². The second kappa shape index (κ2) is 5.78. The lowest BCUT2D eigenvalue weighted by molar-refractivity contribution is -0.128. The summed E-state index contributed by atoms with van der Waals surface area (Å²) < 4.78 is 0. The molecule has 0 spiro atoms. The van der Waals surface area contributed by atoms with Crippen LogP contribution in [0.2, 0.25) is 0 Å². The van der Waals surface area contributed by atoms with Gasteiger partial charge < -0.3 is 5.32 Å². The van der Waals surface area contributed by atoms with Gasteiger partial charge in [-0.05, 0) is 48.2 Å².